The maximum atomic E-state index is 12.9. The van der Waals surface area contributed by atoms with Crippen molar-refractivity contribution in [2.24, 2.45) is 5.92 Å². The Morgan fingerprint density at radius 2 is 1.88 bits per heavy atom. The van der Waals surface area contributed by atoms with Gasteiger partial charge in [-0.1, -0.05) is 25.1 Å². The lowest BCUT2D eigenvalue weighted by Crippen LogP contribution is -2.49. The van der Waals surface area contributed by atoms with Crippen molar-refractivity contribution < 1.29 is 8.42 Å². The van der Waals surface area contributed by atoms with Crippen LogP contribution in [-0.4, -0.2) is 53.8 Å². The molecule has 9 heteroatoms. The molecule has 0 bridgehead atoms. The van der Waals surface area contributed by atoms with Crippen LogP contribution in [-0.2, 0) is 22.9 Å². The Kier molecular flexibility index (Phi) is 5.69. The summed E-state index contributed by atoms with van der Waals surface area (Å²) < 4.78 is 27.3. The Morgan fingerprint density at radius 1 is 1.16 bits per heavy atom. The van der Waals surface area contributed by atoms with Crippen LogP contribution in [0.25, 0.3) is 10.2 Å². The number of nitrogens with zero attached hydrogens (tertiary/aromatic N) is 3. The molecule has 5 rings (SSSR count). The number of aryl methyl sites for hydroxylation is 1. The molecule has 1 aliphatic carbocycles. The molecular weight excluding hydrogens is 444 g/mol. The number of fused-ring (bicyclic) bond motifs is 3. The molecular formula is C23H28N4O3S2. The Bertz CT molecular complexity index is 1290. The van der Waals surface area contributed by atoms with E-state index < -0.39 is 10.0 Å². The molecule has 0 radical (unpaired) electrons. The number of rotatable bonds is 4. The maximum absolute atomic E-state index is 12.9. The highest BCUT2D eigenvalue weighted by Gasteiger charge is 2.31. The highest BCUT2D eigenvalue weighted by molar-refractivity contribution is 7.89. The van der Waals surface area contributed by atoms with E-state index in [9.17, 15) is 13.2 Å². The minimum absolute atomic E-state index is 0.0470. The van der Waals surface area contributed by atoms with Crippen LogP contribution in [0.3, 0.4) is 0 Å². The summed E-state index contributed by atoms with van der Waals surface area (Å²) in [5.74, 6) is 1.31. The van der Waals surface area contributed by atoms with Crippen LogP contribution >= 0.6 is 11.3 Å². The quantitative estimate of drug-likeness (QED) is 0.630. The minimum Gasteiger partial charge on any atom is -0.309 e. The molecule has 32 heavy (non-hydrogen) atoms. The topological polar surface area (TPSA) is 86.4 Å². The first kappa shape index (κ1) is 21.8. The lowest BCUT2D eigenvalue weighted by Gasteiger charge is -2.36. The van der Waals surface area contributed by atoms with Gasteiger partial charge in [0, 0.05) is 31.1 Å². The SMILES string of the molecule is C[C@@H]1CCc2c(sc3nc([C@H](C)N4CCN(S(=O)(=O)c5ccccc5)CC4)[nH]c(=O)c23)C1. The maximum Gasteiger partial charge on any atom is 0.259 e. The van der Waals surface area contributed by atoms with Crippen LogP contribution in [0.5, 0.6) is 0 Å². The molecule has 170 valence electrons. The zero-order chi connectivity index (χ0) is 22.5. The predicted molar refractivity (Wildman–Crippen MR) is 127 cm³/mol. The van der Waals surface area contributed by atoms with Gasteiger partial charge in [0.2, 0.25) is 10.0 Å². The van der Waals surface area contributed by atoms with Crippen LogP contribution in [0, 0.1) is 5.92 Å². The number of thiophene rings is 1. The fourth-order valence-electron chi connectivity index (χ4n) is 4.81. The summed E-state index contributed by atoms with van der Waals surface area (Å²) >= 11 is 1.66. The van der Waals surface area contributed by atoms with E-state index >= 15 is 0 Å². The predicted octanol–water partition coefficient (Wildman–Crippen LogP) is 3.18. The third-order valence-electron chi connectivity index (χ3n) is 6.78. The molecule has 1 fully saturated rings. The third-order valence-corrected chi connectivity index (χ3v) is 9.84. The van der Waals surface area contributed by atoms with Gasteiger partial charge < -0.3 is 4.98 Å². The summed E-state index contributed by atoms with van der Waals surface area (Å²) in [5, 5.41) is 0.770. The van der Waals surface area contributed by atoms with Crippen molar-refractivity contribution in [1.82, 2.24) is 19.2 Å². The van der Waals surface area contributed by atoms with Crippen LogP contribution < -0.4 is 5.56 Å². The summed E-state index contributed by atoms with van der Waals surface area (Å²) in [4.78, 5) is 25.5. The zero-order valence-corrected chi connectivity index (χ0v) is 20.0. The summed E-state index contributed by atoms with van der Waals surface area (Å²) in [6.07, 6.45) is 3.10. The van der Waals surface area contributed by atoms with E-state index in [-0.39, 0.29) is 11.6 Å². The van der Waals surface area contributed by atoms with Crippen molar-refractivity contribution >= 4 is 31.6 Å². The normalized spacial score (nSPS) is 21.5. The molecule has 7 nitrogen and oxygen atoms in total. The van der Waals surface area contributed by atoms with E-state index in [0.717, 1.165) is 29.5 Å². The second-order valence-electron chi connectivity index (χ2n) is 8.91. The first-order chi connectivity index (χ1) is 15.3. The van der Waals surface area contributed by atoms with Crippen molar-refractivity contribution in [3.8, 4) is 0 Å². The molecule has 3 aromatic rings. The lowest BCUT2D eigenvalue weighted by molar-refractivity contribution is 0.141. The second-order valence-corrected chi connectivity index (χ2v) is 11.9. The molecule has 0 amide bonds. The van der Waals surface area contributed by atoms with Crippen LogP contribution in [0.1, 0.15) is 42.6 Å². The van der Waals surface area contributed by atoms with Gasteiger partial charge in [-0.2, -0.15) is 4.31 Å². The van der Waals surface area contributed by atoms with Crippen molar-refractivity contribution in [2.75, 3.05) is 26.2 Å². The molecule has 0 saturated carbocycles. The van der Waals surface area contributed by atoms with E-state index in [4.69, 9.17) is 4.98 Å². The standard InChI is InChI=1S/C23H28N4O3S2/c1-15-8-9-18-19(14-15)31-23-20(18)22(28)24-21(25-23)16(2)26-10-12-27(13-11-26)32(29,30)17-6-4-3-5-7-17/h3-7,15-16H,8-14H2,1-2H3,(H,24,25,28)/t15-,16+/m1/s1. The molecule has 2 aromatic heterocycles. The molecule has 0 spiro atoms. The van der Waals surface area contributed by atoms with Gasteiger partial charge in [0.05, 0.1) is 16.3 Å². The molecule has 0 unspecified atom stereocenters. The van der Waals surface area contributed by atoms with E-state index in [1.807, 2.05) is 13.0 Å². The van der Waals surface area contributed by atoms with Gasteiger partial charge in [-0.25, -0.2) is 13.4 Å². The molecule has 1 aliphatic heterocycles. The van der Waals surface area contributed by atoms with Crippen molar-refractivity contribution in [2.45, 2.75) is 44.0 Å². The highest BCUT2D eigenvalue weighted by atomic mass is 32.2. The third kappa shape index (κ3) is 3.81. The Labute approximate surface area is 192 Å². The average Bonchev–Trinajstić information content (AvgIpc) is 3.17. The molecule has 1 saturated heterocycles. The zero-order valence-electron chi connectivity index (χ0n) is 18.4. The first-order valence-corrected chi connectivity index (χ1v) is 13.4. The number of nitrogens with one attached hydrogen (secondary N) is 1. The number of H-pyrrole nitrogens is 1. The molecule has 2 atom stereocenters. The van der Waals surface area contributed by atoms with Crippen molar-refractivity contribution in [1.29, 1.82) is 0 Å². The van der Waals surface area contributed by atoms with E-state index in [1.54, 1.807) is 39.9 Å². The van der Waals surface area contributed by atoms with Crippen LogP contribution in [0.15, 0.2) is 40.0 Å². The summed E-state index contributed by atoms with van der Waals surface area (Å²) in [6, 6.07) is 8.48. The molecule has 1 aromatic carbocycles. The fourth-order valence-corrected chi connectivity index (χ4v) is 7.64. The number of aromatic nitrogens is 2. The van der Waals surface area contributed by atoms with Gasteiger partial charge in [0.15, 0.2) is 0 Å². The fraction of sp³-hybridized carbons (Fsp3) is 0.478. The number of sulfonamides is 1. The van der Waals surface area contributed by atoms with Gasteiger partial charge >= 0.3 is 0 Å². The highest BCUT2D eigenvalue weighted by Crippen LogP contribution is 2.36. The molecule has 1 N–H and O–H groups in total. The van der Waals surface area contributed by atoms with Gasteiger partial charge in [-0.05, 0) is 49.8 Å². The smallest absolute Gasteiger partial charge is 0.259 e. The number of benzene rings is 1. The minimum atomic E-state index is -3.48. The summed E-state index contributed by atoms with van der Waals surface area (Å²) in [7, 11) is -3.48. The van der Waals surface area contributed by atoms with Crippen LogP contribution in [0.4, 0.5) is 0 Å². The number of hydrogen-bond donors (Lipinski definition) is 1. The number of piperazine rings is 1. The first-order valence-electron chi connectivity index (χ1n) is 11.2. The van der Waals surface area contributed by atoms with Crippen molar-refractivity contribution in [3.63, 3.8) is 0 Å². The lowest BCUT2D eigenvalue weighted by atomic mass is 9.89. The van der Waals surface area contributed by atoms with E-state index in [0.29, 0.717) is 42.8 Å². The van der Waals surface area contributed by atoms with Crippen molar-refractivity contribution in [3.05, 3.63) is 57.0 Å². The van der Waals surface area contributed by atoms with Gasteiger partial charge in [0.25, 0.3) is 5.56 Å². The number of aromatic amines is 1. The summed E-state index contributed by atoms with van der Waals surface area (Å²) in [6.45, 7) is 6.30. The Hall–Kier alpha value is -2.07. The molecule has 2 aliphatic rings. The van der Waals surface area contributed by atoms with E-state index in [1.165, 1.54) is 10.4 Å². The second kappa shape index (κ2) is 8.37. The summed E-state index contributed by atoms with van der Waals surface area (Å²) in [5.41, 5.74) is 1.14. The Balaban J connectivity index is 1.34. The van der Waals surface area contributed by atoms with Crippen LogP contribution in [0.2, 0.25) is 0 Å². The number of hydrogen-bond acceptors (Lipinski definition) is 6. The monoisotopic (exact) mass is 472 g/mol. The molecule has 3 heterocycles. The van der Waals surface area contributed by atoms with Gasteiger partial charge in [-0.3, -0.25) is 9.69 Å². The van der Waals surface area contributed by atoms with E-state index in [2.05, 4.69) is 16.8 Å². The largest absolute Gasteiger partial charge is 0.309 e. The van der Waals surface area contributed by atoms with Gasteiger partial charge in [0.1, 0.15) is 10.7 Å². The van der Waals surface area contributed by atoms with Gasteiger partial charge in [-0.15, -0.1) is 11.3 Å². The average molecular weight is 473 g/mol. The Morgan fingerprint density at radius 3 is 2.59 bits per heavy atom.